The van der Waals surface area contributed by atoms with E-state index in [4.69, 9.17) is 0 Å². The van der Waals surface area contributed by atoms with Crippen molar-refractivity contribution in [3.8, 4) is 0 Å². The number of nitrogens with zero attached hydrogens (tertiary/aromatic N) is 11. The van der Waals surface area contributed by atoms with Crippen LogP contribution in [-0.4, -0.2) is 159 Å². The van der Waals surface area contributed by atoms with Gasteiger partial charge in [-0.15, -0.1) is 0 Å². The Balaban J connectivity index is 0.000000116. The smallest absolute Gasteiger partial charge is 0.0432 e. The van der Waals surface area contributed by atoms with Crippen LogP contribution in [0.1, 0.15) is 148 Å². The van der Waals surface area contributed by atoms with Gasteiger partial charge in [0.25, 0.3) is 0 Å². The second-order valence-corrected chi connectivity index (χ2v) is 30.0. The lowest BCUT2D eigenvalue weighted by Crippen LogP contribution is -2.37. The highest BCUT2D eigenvalue weighted by molar-refractivity contribution is 5.67. The summed E-state index contributed by atoms with van der Waals surface area (Å²) < 4.78 is 0. The van der Waals surface area contributed by atoms with Gasteiger partial charge in [-0.25, -0.2) is 0 Å². The van der Waals surface area contributed by atoms with Crippen molar-refractivity contribution in [3.63, 3.8) is 0 Å². The molecule has 0 radical (unpaired) electrons. The average molecular weight is 1280 g/mol. The second kappa shape index (κ2) is 31.0. The summed E-state index contributed by atoms with van der Waals surface area (Å²) >= 11 is 0. The van der Waals surface area contributed by atoms with Crippen LogP contribution in [0.5, 0.6) is 0 Å². The van der Waals surface area contributed by atoms with Gasteiger partial charge in [-0.3, -0.25) is 15.0 Å². The third-order valence-electron chi connectivity index (χ3n) is 22.7. The average Bonchev–Trinajstić information content (AvgIpc) is 1.64. The minimum absolute atomic E-state index is 0.649. The van der Waals surface area contributed by atoms with Crippen LogP contribution < -0.4 is 19.6 Å². The van der Waals surface area contributed by atoms with Gasteiger partial charge in [0.15, 0.2) is 0 Å². The number of aryl methyl sites for hydroxylation is 5. The summed E-state index contributed by atoms with van der Waals surface area (Å²) in [6.45, 7) is 24.8. The summed E-state index contributed by atoms with van der Waals surface area (Å²) in [6.07, 6.45) is 21.4. The van der Waals surface area contributed by atoms with Gasteiger partial charge < -0.3 is 39.2 Å². The van der Waals surface area contributed by atoms with E-state index in [1.807, 2.05) is 36.9 Å². The third kappa shape index (κ3) is 15.6. The third-order valence-corrected chi connectivity index (χ3v) is 22.7. The lowest BCUT2D eigenvalue weighted by Gasteiger charge is -2.30. The van der Waals surface area contributed by atoms with E-state index in [-0.39, 0.29) is 0 Å². The van der Waals surface area contributed by atoms with Crippen LogP contribution in [0.15, 0.2) is 170 Å². The van der Waals surface area contributed by atoms with Crippen molar-refractivity contribution in [1.29, 1.82) is 0 Å². The number of benzene rings is 5. The van der Waals surface area contributed by atoms with Crippen LogP contribution in [0.2, 0.25) is 0 Å². The van der Waals surface area contributed by atoms with Gasteiger partial charge in [0, 0.05) is 166 Å². The Hall–Kier alpha value is -7.41. The number of rotatable bonds is 11. The first-order chi connectivity index (χ1) is 46.8. The van der Waals surface area contributed by atoms with E-state index in [9.17, 15) is 0 Å². The largest absolute Gasteiger partial charge is 0.367 e. The second-order valence-electron chi connectivity index (χ2n) is 30.0. The normalized spacial score (nSPS) is 23.7. The fourth-order valence-electron chi connectivity index (χ4n) is 18.0. The summed E-state index contributed by atoms with van der Waals surface area (Å²) in [5.41, 5.74) is 24.0. The molecule has 16 rings (SSSR count). The van der Waals surface area contributed by atoms with Crippen molar-refractivity contribution in [2.24, 2.45) is 0 Å². The van der Waals surface area contributed by atoms with E-state index in [0.717, 1.165) is 51.1 Å². The predicted octanol–water partition coefficient (Wildman–Crippen LogP) is 15.4. The number of fused-ring (bicyclic) bond motifs is 12. The molecule has 4 fully saturated rings. The van der Waals surface area contributed by atoms with Crippen LogP contribution in [0, 0.1) is 34.6 Å². The van der Waals surface area contributed by atoms with Gasteiger partial charge in [0.2, 0.25) is 0 Å². The van der Waals surface area contributed by atoms with E-state index in [2.05, 4.69) is 250 Å². The monoisotopic (exact) mass is 1280 g/mol. The molecule has 0 bridgehead atoms. The Morgan fingerprint density at radius 1 is 0.354 bits per heavy atom. The maximum absolute atomic E-state index is 4.51. The highest BCUT2D eigenvalue weighted by Crippen LogP contribution is 2.49. The topological polar surface area (TPSA) is 64.6 Å². The molecule has 96 heavy (non-hydrogen) atoms. The molecular weight excluding hydrogens is 1180 g/mol. The number of likely N-dealkylation sites (tertiary alicyclic amines) is 4. The number of aromatic nitrogens is 3. The SMILES string of the molecule is Cc1ccc2c(c1)[C@@H]1CN(C)CCC[C@@H]1N2CCc1ccc(C)nc1.Cc1ccc2c(c1)[C@@H]1CN(C)CCC[C@@H]1N2CCc1ccccn1.Cc1ccc2c(c1)[C@@H]1CN(C)CCC[C@@H]1N2CCc1cccnc1.Cc1ccc2c(c1)[C@@H]1CN(C)CCC[C@@H]1N2Cc1ccccc1. The minimum Gasteiger partial charge on any atom is -0.367 e. The molecule has 5 aromatic carbocycles. The Kier molecular flexibility index (Phi) is 21.7. The molecule has 11 nitrogen and oxygen atoms in total. The molecular formula is C85H109N11. The number of hydrogen-bond acceptors (Lipinski definition) is 11. The molecule has 0 aliphatic carbocycles. The van der Waals surface area contributed by atoms with Crippen molar-refractivity contribution in [2.75, 3.05) is 120 Å². The summed E-state index contributed by atoms with van der Waals surface area (Å²) in [7, 11) is 9.10. The van der Waals surface area contributed by atoms with Crippen molar-refractivity contribution in [1.82, 2.24) is 34.6 Å². The maximum Gasteiger partial charge on any atom is 0.0432 e. The molecule has 0 amide bonds. The molecule has 4 saturated heterocycles. The molecule has 0 unspecified atom stereocenters. The zero-order valence-corrected chi connectivity index (χ0v) is 59.5. The molecule has 0 spiro atoms. The highest BCUT2D eigenvalue weighted by Gasteiger charge is 2.44. The van der Waals surface area contributed by atoms with Gasteiger partial charge in [0.1, 0.15) is 0 Å². The summed E-state index contributed by atoms with van der Waals surface area (Å²) in [6, 6.07) is 56.5. The van der Waals surface area contributed by atoms with E-state index in [1.165, 1.54) is 171 Å². The Labute approximate surface area is 576 Å². The first-order valence-corrected chi connectivity index (χ1v) is 36.8. The van der Waals surface area contributed by atoms with Gasteiger partial charge in [-0.1, -0.05) is 119 Å². The zero-order valence-electron chi connectivity index (χ0n) is 59.5. The number of likely N-dealkylation sites (N-methyl/N-ethyl adjacent to an activating group) is 4. The van der Waals surface area contributed by atoms with Gasteiger partial charge >= 0.3 is 0 Å². The minimum atomic E-state index is 0.649. The van der Waals surface area contributed by atoms with E-state index in [1.54, 1.807) is 22.3 Å². The van der Waals surface area contributed by atoms with Crippen molar-refractivity contribution >= 4 is 22.7 Å². The zero-order chi connectivity index (χ0) is 66.2. The molecule has 8 aromatic rings. The standard InChI is InChI=1S/C22H29N3.2C21H27N3.C21H26N2/c1-16-6-9-22-19(13-16)20-15-24(3)11-4-5-21(20)25(22)12-10-18-8-7-17(2)23-14-18;1-16-7-8-21-18(13-16)19-15-23(2)11-4-6-20(19)24(21)12-9-17-5-3-10-22-14-17;1-16-8-9-21-18(14-16)19-15-23(2)12-5-7-20(19)24(21)13-10-17-6-3-4-11-22-17;1-16-10-11-21-18(13-16)19-15-22(2)12-6-9-20(19)23(21)14-17-7-4-3-5-8-17/h6-9,13-14,20-21H,4-5,10-12,15H2,1-3H3;3,5,7-8,10,13-14,19-20H,4,6,9,11-12,15H2,1-2H3;3-4,6,8-9,11,14,19-20H,5,7,10,12-13,15H2,1-2H3;3-5,7-8,10-11,13,19-20H,6,9,12,14-15H2,1-2H3/t20-,21-;3*19-,20-/m0000/s1. The lowest BCUT2D eigenvalue weighted by atomic mass is 9.92. The van der Waals surface area contributed by atoms with Crippen molar-refractivity contribution in [3.05, 3.63) is 243 Å². The number of pyridine rings is 3. The van der Waals surface area contributed by atoms with E-state index < -0.39 is 0 Å². The maximum atomic E-state index is 4.51. The molecule has 0 N–H and O–H groups in total. The number of hydrogen-bond donors (Lipinski definition) is 0. The lowest BCUT2D eigenvalue weighted by molar-refractivity contribution is 0.330. The Morgan fingerprint density at radius 3 is 1.15 bits per heavy atom. The first kappa shape index (κ1) is 67.2. The fraction of sp³-hybridized carbons (Fsp3) is 0.471. The van der Waals surface area contributed by atoms with Gasteiger partial charge in [-0.2, -0.15) is 0 Å². The molecule has 11 heterocycles. The summed E-state index contributed by atoms with van der Waals surface area (Å²) in [5.74, 6) is 2.61. The van der Waals surface area contributed by atoms with E-state index in [0.29, 0.717) is 47.8 Å². The molecule has 11 heteroatoms. The Morgan fingerprint density at radius 2 is 0.750 bits per heavy atom. The van der Waals surface area contributed by atoms with Crippen LogP contribution in [0.3, 0.4) is 0 Å². The van der Waals surface area contributed by atoms with Crippen LogP contribution in [0.25, 0.3) is 0 Å². The van der Waals surface area contributed by atoms with Crippen LogP contribution >= 0.6 is 0 Å². The van der Waals surface area contributed by atoms with Crippen LogP contribution in [-0.2, 0) is 25.8 Å². The molecule has 3 aromatic heterocycles. The summed E-state index contributed by atoms with van der Waals surface area (Å²) in [4.78, 5) is 34.0. The fourth-order valence-corrected chi connectivity index (χ4v) is 18.0. The van der Waals surface area contributed by atoms with Gasteiger partial charge in [-0.05, 0) is 241 Å². The summed E-state index contributed by atoms with van der Waals surface area (Å²) in [5, 5.41) is 0. The van der Waals surface area contributed by atoms with Crippen molar-refractivity contribution < 1.29 is 0 Å². The predicted molar refractivity (Wildman–Crippen MR) is 401 cm³/mol. The van der Waals surface area contributed by atoms with Gasteiger partial charge in [0.05, 0.1) is 0 Å². The molecule has 0 saturated carbocycles. The van der Waals surface area contributed by atoms with Crippen molar-refractivity contribution in [2.45, 2.75) is 160 Å². The highest BCUT2D eigenvalue weighted by atomic mass is 15.2. The molecule has 8 aliphatic heterocycles. The first-order valence-electron chi connectivity index (χ1n) is 36.8. The molecule has 504 valence electrons. The molecule has 8 atom stereocenters. The Bertz CT molecular complexity index is 3680. The van der Waals surface area contributed by atoms with E-state index >= 15 is 0 Å². The molecule has 8 aliphatic rings. The van der Waals surface area contributed by atoms with Crippen LogP contribution in [0.4, 0.5) is 22.7 Å². The number of anilines is 4. The quantitative estimate of drug-likeness (QED) is 0.124.